The quantitative estimate of drug-likeness (QED) is 0.117. The van der Waals surface area contributed by atoms with Crippen molar-refractivity contribution in [2.45, 2.75) is 0 Å². The summed E-state index contributed by atoms with van der Waals surface area (Å²) in [5, 5.41) is 8.36. The highest BCUT2D eigenvalue weighted by Crippen LogP contribution is 2.46. The van der Waals surface area contributed by atoms with Crippen LogP contribution in [0.2, 0.25) is 0 Å². The van der Waals surface area contributed by atoms with Gasteiger partial charge in [0.05, 0.1) is 0 Å². The number of furan rings is 4. The van der Waals surface area contributed by atoms with Crippen molar-refractivity contribution in [3.8, 4) is 135 Å². The van der Waals surface area contributed by atoms with Crippen LogP contribution >= 0.6 is 0 Å². The van der Waals surface area contributed by atoms with Crippen molar-refractivity contribution in [2.24, 2.45) is 0 Å². The van der Waals surface area contributed by atoms with Crippen molar-refractivity contribution in [1.82, 2.24) is 29.9 Å². The monoisotopic (exact) mass is 1430 g/mol. The number of fused-ring (bicyclic) bond motifs is 12. The molecular weight excluding hydrogens is 1370 g/mol. The summed E-state index contributed by atoms with van der Waals surface area (Å²) >= 11 is 0. The molecule has 22 aromatic rings. The van der Waals surface area contributed by atoms with Crippen LogP contribution in [-0.4, -0.2) is 29.9 Å². The lowest BCUT2D eigenvalue weighted by Gasteiger charge is -2.10. The third-order valence-corrected chi connectivity index (χ3v) is 21.2. The van der Waals surface area contributed by atoms with Gasteiger partial charge in [-0.15, -0.1) is 0 Å². The van der Waals surface area contributed by atoms with Gasteiger partial charge in [-0.25, -0.2) is 29.9 Å². The van der Waals surface area contributed by atoms with E-state index in [1.807, 2.05) is 127 Å². The molecule has 0 saturated heterocycles. The fourth-order valence-corrected chi connectivity index (χ4v) is 15.7. The summed E-state index contributed by atoms with van der Waals surface area (Å²) in [6, 6.07) is 129. The van der Waals surface area contributed by atoms with Crippen molar-refractivity contribution in [3.63, 3.8) is 0 Å². The Balaban J connectivity index is 0.000000145. The molecule has 22 rings (SSSR count). The molecule has 0 saturated carbocycles. The summed E-state index contributed by atoms with van der Waals surface area (Å²) in [7, 11) is 0. The Morgan fingerprint density at radius 1 is 0.143 bits per heavy atom. The number of para-hydroxylation sites is 4. The van der Waals surface area contributed by atoms with Gasteiger partial charge in [-0.1, -0.05) is 334 Å². The molecule has 6 aromatic heterocycles. The van der Waals surface area contributed by atoms with Crippen molar-refractivity contribution >= 4 is 87.8 Å². The minimum atomic E-state index is 0.577. The third-order valence-electron chi connectivity index (χ3n) is 21.2. The van der Waals surface area contributed by atoms with Crippen molar-refractivity contribution in [3.05, 3.63) is 376 Å². The SMILES string of the molecule is c1ccc(-c2ccc3oc4cccc(-c5nc(-c6ccccc6)nc(-c6ccc(-c7cccc8c7oc7c(-c9ccccc9-c9ccccc9)cccc78)cc6)n5)c4c3c2)cc1.c1ccc(-c2ccc3oc4cccc(-c5nc(-c6ccccc6)nc(-c6ccc(-c7cccc8c7oc7ccccc78)cc6)n5)c4c3c2)cc1. The summed E-state index contributed by atoms with van der Waals surface area (Å²) in [5.41, 5.74) is 25.3. The number of hydrogen-bond donors (Lipinski definition) is 0. The highest BCUT2D eigenvalue weighted by molar-refractivity contribution is 6.16. The molecule has 0 amide bonds. The maximum absolute atomic E-state index is 6.91. The number of aromatic nitrogens is 6. The molecule has 6 heterocycles. The second kappa shape index (κ2) is 27.5. The zero-order valence-corrected chi connectivity index (χ0v) is 60.1. The molecule has 10 nitrogen and oxygen atoms in total. The average Bonchev–Trinajstić information content (AvgIpc) is 1.59. The lowest BCUT2D eigenvalue weighted by molar-refractivity contribution is 0.668. The molecule has 0 spiro atoms. The van der Waals surface area contributed by atoms with E-state index >= 15 is 0 Å². The van der Waals surface area contributed by atoms with E-state index in [0.717, 1.165) is 177 Å². The Hall–Kier alpha value is -15.3. The number of rotatable bonds is 12. The van der Waals surface area contributed by atoms with Gasteiger partial charge in [-0.05, 0) is 92.5 Å². The maximum Gasteiger partial charge on any atom is 0.164 e. The Labute approximate surface area is 642 Å². The van der Waals surface area contributed by atoms with E-state index in [1.165, 1.54) is 11.1 Å². The second-order valence-electron chi connectivity index (χ2n) is 27.9. The molecule has 0 N–H and O–H groups in total. The van der Waals surface area contributed by atoms with Crippen molar-refractivity contribution < 1.29 is 17.7 Å². The van der Waals surface area contributed by atoms with Crippen LogP contribution in [0.4, 0.5) is 0 Å². The molecule has 0 bridgehead atoms. The first kappa shape index (κ1) is 65.1. The summed E-state index contributed by atoms with van der Waals surface area (Å²) in [6.45, 7) is 0. The normalized spacial score (nSPS) is 11.6. The predicted molar refractivity (Wildman–Crippen MR) is 454 cm³/mol. The van der Waals surface area contributed by atoms with E-state index in [0.29, 0.717) is 34.9 Å². The van der Waals surface area contributed by atoms with Crippen LogP contribution in [0.5, 0.6) is 0 Å². The van der Waals surface area contributed by atoms with Crippen LogP contribution < -0.4 is 0 Å². The number of hydrogen-bond acceptors (Lipinski definition) is 10. The fraction of sp³-hybridized carbons (Fsp3) is 0. The first-order valence-corrected chi connectivity index (χ1v) is 37.4. The van der Waals surface area contributed by atoms with Gasteiger partial charge in [0.1, 0.15) is 44.7 Å². The number of benzene rings is 16. The Bertz CT molecular complexity index is 7340. The molecule has 0 aliphatic rings. The molecule has 0 unspecified atom stereocenters. The zero-order chi connectivity index (χ0) is 74.0. The first-order valence-electron chi connectivity index (χ1n) is 37.4. The first-order chi connectivity index (χ1) is 55.5. The van der Waals surface area contributed by atoms with Gasteiger partial charge in [0.15, 0.2) is 34.9 Å². The van der Waals surface area contributed by atoms with Crippen LogP contribution in [0.3, 0.4) is 0 Å². The van der Waals surface area contributed by atoms with Crippen LogP contribution in [0.15, 0.2) is 394 Å². The highest BCUT2D eigenvalue weighted by atomic mass is 16.3. The molecule has 0 radical (unpaired) electrons. The van der Waals surface area contributed by atoms with E-state index in [1.54, 1.807) is 0 Å². The molecule has 112 heavy (non-hydrogen) atoms. The second-order valence-corrected chi connectivity index (χ2v) is 27.9. The van der Waals surface area contributed by atoms with Gasteiger partial charge < -0.3 is 17.7 Å². The lowest BCUT2D eigenvalue weighted by atomic mass is 9.93. The smallest absolute Gasteiger partial charge is 0.164 e. The van der Waals surface area contributed by atoms with E-state index in [-0.39, 0.29) is 0 Å². The molecular formula is C102H62N6O4. The molecule has 0 fully saturated rings. The molecule has 10 heteroatoms. The largest absolute Gasteiger partial charge is 0.456 e. The van der Waals surface area contributed by atoms with Gasteiger partial charge >= 0.3 is 0 Å². The summed E-state index contributed by atoms with van der Waals surface area (Å²) in [5.74, 6) is 3.55. The standard InChI is InChI=1S/C57H35N3O2.C45H27N3O2/c1-4-15-36(16-5-1)41-33-34-50-49(35-41)52-48(27-14-28-51(52)61-50)57-59-55(39-19-8-3-9-20-39)58-56(60-57)40-31-29-38(30-32-40)43-23-12-25-46-47-26-13-24-45(54(47)62-53(43)46)44-22-11-10-21-42(44)37-17-6-2-7-18-37;1-3-11-28(12-4-1)32-25-26-39-37(27-32)41-36(18-10-20-40(41)49-39)45-47-43(30-13-5-2-6-14-30)46-44(48-45)31-23-21-29(22-24-31)33-16-9-17-35-34-15-7-8-19-38(34)50-42(33)35/h1-35H;1-27H. The lowest BCUT2D eigenvalue weighted by Crippen LogP contribution is -2.00. The Morgan fingerprint density at radius 2 is 0.429 bits per heavy atom. The van der Waals surface area contributed by atoms with E-state index in [9.17, 15) is 0 Å². The molecule has 0 aliphatic carbocycles. The molecule has 524 valence electrons. The summed E-state index contributed by atoms with van der Waals surface area (Å²) < 4.78 is 26.0. The van der Waals surface area contributed by atoms with Crippen LogP contribution in [0.1, 0.15) is 0 Å². The van der Waals surface area contributed by atoms with E-state index < -0.39 is 0 Å². The highest BCUT2D eigenvalue weighted by Gasteiger charge is 2.24. The molecule has 0 aliphatic heterocycles. The van der Waals surface area contributed by atoms with E-state index in [4.69, 9.17) is 47.6 Å². The Morgan fingerprint density at radius 3 is 0.902 bits per heavy atom. The van der Waals surface area contributed by atoms with Gasteiger partial charge in [0, 0.05) is 93.2 Å². The zero-order valence-electron chi connectivity index (χ0n) is 60.1. The Kier molecular flexibility index (Phi) is 16.0. The minimum Gasteiger partial charge on any atom is -0.456 e. The molecule has 16 aromatic carbocycles. The topological polar surface area (TPSA) is 130 Å². The van der Waals surface area contributed by atoms with Gasteiger partial charge in [0.2, 0.25) is 0 Å². The maximum atomic E-state index is 6.91. The predicted octanol–water partition coefficient (Wildman–Crippen LogP) is 27.3. The van der Waals surface area contributed by atoms with Gasteiger partial charge in [-0.3, -0.25) is 0 Å². The van der Waals surface area contributed by atoms with E-state index in [2.05, 4.69) is 249 Å². The van der Waals surface area contributed by atoms with Crippen LogP contribution in [0.25, 0.3) is 223 Å². The fourth-order valence-electron chi connectivity index (χ4n) is 15.7. The van der Waals surface area contributed by atoms with Crippen molar-refractivity contribution in [1.29, 1.82) is 0 Å². The summed E-state index contributed by atoms with van der Waals surface area (Å²) in [6.07, 6.45) is 0. The number of nitrogens with zero attached hydrogens (tertiary/aromatic N) is 6. The minimum absolute atomic E-state index is 0.577. The third kappa shape index (κ3) is 11.7. The van der Waals surface area contributed by atoms with Crippen molar-refractivity contribution in [2.75, 3.05) is 0 Å². The van der Waals surface area contributed by atoms with Crippen LogP contribution in [-0.2, 0) is 0 Å². The average molecular weight is 1440 g/mol. The van der Waals surface area contributed by atoms with Crippen LogP contribution in [0, 0.1) is 0 Å². The molecule has 0 atom stereocenters. The van der Waals surface area contributed by atoms with Gasteiger partial charge in [0.25, 0.3) is 0 Å². The summed E-state index contributed by atoms with van der Waals surface area (Å²) in [4.78, 5) is 30.5. The van der Waals surface area contributed by atoms with Gasteiger partial charge in [-0.2, -0.15) is 0 Å².